The second-order valence-electron chi connectivity index (χ2n) is 6.50. The highest BCUT2D eigenvalue weighted by Crippen LogP contribution is 2.18. The van der Waals surface area contributed by atoms with Gasteiger partial charge in [-0.2, -0.15) is 4.98 Å². The molecule has 158 valence electrons. The lowest BCUT2D eigenvalue weighted by atomic mass is 9.97. The van der Waals surface area contributed by atoms with Crippen molar-refractivity contribution in [3.8, 4) is 11.6 Å². The van der Waals surface area contributed by atoms with Gasteiger partial charge in [-0.15, -0.1) is 24.0 Å². The molecule has 0 spiro atoms. The Hall–Kier alpha value is -2.24. The number of likely N-dealkylation sites (tertiary alicyclic amines) is 1. The first-order valence-corrected chi connectivity index (χ1v) is 9.56. The SMILES string of the molecule is CCNC(=NCCc1noc(-c2ccccn2)n1)N1CCC(C(=O)OC)CC1.I. The van der Waals surface area contributed by atoms with E-state index in [2.05, 4.69) is 30.3 Å². The van der Waals surface area contributed by atoms with E-state index in [4.69, 9.17) is 9.26 Å². The predicted octanol–water partition coefficient (Wildman–Crippen LogP) is 2.14. The van der Waals surface area contributed by atoms with Crippen LogP contribution < -0.4 is 5.32 Å². The van der Waals surface area contributed by atoms with E-state index in [0.29, 0.717) is 30.4 Å². The number of pyridine rings is 1. The molecule has 2 aromatic rings. The van der Waals surface area contributed by atoms with Gasteiger partial charge in [0.1, 0.15) is 5.69 Å². The van der Waals surface area contributed by atoms with E-state index in [-0.39, 0.29) is 35.9 Å². The van der Waals surface area contributed by atoms with Crippen LogP contribution in [0.15, 0.2) is 33.9 Å². The predicted molar refractivity (Wildman–Crippen MR) is 119 cm³/mol. The summed E-state index contributed by atoms with van der Waals surface area (Å²) in [7, 11) is 1.44. The molecular weight excluding hydrogens is 487 g/mol. The summed E-state index contributed by atoms with van der Waals surface area (Å²) in [6.07, 6.45) is 3.81. The first-order chi connectivity index (χ1) is 13.7. The number of hydrogen-bond acceptors (Lipinski definition) is 7. The standard InChI is InChI=1S/C19H26N6O3.HI/c1-3-20-19(25-12-8-14(9-13-25)18(26)27-2)22-11-7-16-23-17(28-24-16)15-6-4-5-10-21-15;/h4-6,10,14H,3,7-9,11-13H2,1-2H3,(H,20,22);1H. The molecule has 1 fully saturated rings. The Bertz CT molecular complexity index is 790. The Balaban J connectivity index is 0.00000300. The van der Waals surface area contributed by atoms with Crippen molar-refractivity contribution in [2.75, 3.05) is 33.3 Å². The fourth-order valence-corrected chi connectivity index (χ4v) is 3.13. The number of hydrogen-bond donors (Lipinski definition) is 1. The fraction of sp³-hybridized carbons (Fsp3) is 0.526. The Morgan fingerprint density at radius 3 is 2.83 bits per heavy atom. The Kier molecular flexibility index (Phi) is 9.29. The Morgan fingerprint density at radius 2 is 2.17 bits per heavy atom. The maximum absolute atomic E-state index is 11.7. The second kappa shape index (κ2) is 11.7. The number of methoxy groups -OCH3 is 1. The third-order valence-electron chi connectivity index (χ3n) is 4.61. The van der Waals surface area contributed by atoms with Crippen molar-refractivity contribution in [1.82, 2.24) is 25.3 Å². The quantitative estimate of drug-likeness (QED) is 0.271. The topological polar surface area (TPSA) is 106 Å². The van der Waals surface area contributed by atoms with Crippen molar-refractivity contribution >= 4 is 35.9 Å². The Morgan fingerprint density at radius 1 is 1.38 bits per heavy atom. The van der Waals surface area contributed by atoms with Gasteiger partial charge in [0, 0.05) is 38.8 Å². The van der Waals surface area contributed by atoms with E-state index in [1.165, 1.54) is 7.11 Å². The molecule has 0 radical (unpaired) electrons. The summed E-state index contributed by atoms with van der Waals surface area (Å²) < 4.78 is 10.1. The molecule has 3 rings (SSSR count). The number of piperidine rings is 1. The summed E-state index contributed by atoms with van der Waals surface area (Å²) in [6, 6.07) is 5.55. The van der Waals surface area contributed by atoms with E-state index >= 15 is 0 Å². The summed E-state index contributed by atoms with van der Waals surface area (Å²) in [5.74, 6) is 1.72. The van der Waals surface area contributed by atoms with E-state index in [9.17, 15) is 4.79 Å². The number of nitrogens with one attached hydrogen (secondary N) is 1. The molecule has 1 aliphatic heterocycles. The van der Waals surface area contributed by atoms with Crippen molar-refractivity contribution in [2.45, 2.75) is 26.2 Å². The zero-order chi connectivity index (χ0) is 19.8. The van der Waals surface area contributed by atoms with Crippen LogP contribution in [0, 0.1) is 5.92 Å². The van der Waals surface area contributed by atoms with Crippen LogP contribution in [0.5, 0.6) is 0 Å². The highest BCUT2D eigenvalue weighted by molar-refractivity contribution is 14.0. The number of esters is 1. The third-order valence-corrected chi connectivity index (χ3v) is 4.61. The van der Waals surface area contributed by atoms with Crippen LogP contribution in [0.1, 0.15) is 25.6 Å². The van der Waals surface area contributed by atoms with Crippen LogP contribution in [-0.4, -0.2) is 65.2 Å². The number of carbonyl (C=O) groups excluding carboxylic acids is 1. The molecule has 0 bridgehead atoms. The first kappa shape index (κ1) is 23.0. The van der Waals surface area contributed by atoms with Gasteiger partial charge in [0.2, 0.25) is 0 Å². The van der Waals surface area contributed by atoms with Crippen LogP contribution in [-0.2, 0) is 16.0 Å². The van der Waals surface area contributed by atoms with Crippen LogP contribution >= 0.6 is 24.0 Å². The number of nitrogens with zero attached hydrogens (tertiary/aromatic N) is 5. The molecule has 0 saturated carbocycles. The minimum absolute atomic E-state index is 0. The molecule has 9 nitrogen and oxygen atoms in total. The van der Waals surface area contributed by atoms with Crippen molar-refractivity contribution < 1.29 is 14.1 Å². The van der Waals surface area contributed by atoms with Crippen molar-refractivity contribution in [1.29, 1.82) is 0 Å². The lowest BCUT2D eigenvalue weighted by Gasteiger charge is -2.33. The minimum atomic E-state index is -0.123. The van der Waals surface area contributed by atoms with Crippen LogP contribution in [0.3, 0.4) is 0 Å². The van der Waals surface area contributed by atoms with Crippen molar-refractivity contribution in [3.05, 3.63) is 30.2 Å². The Labute approximate surface area is 187 Å². The van der Waals surface area contributed by atoms with Crippen molar-refractivity contribution in [2.24, 2.45) is 10.9 Å². The van der Waals surface area contributed by atoms with Gasteiger partial charge < -0.3 is 19.5 Å². The van der Waals surface area contributed by atoms with E-state index < -0.39 is 0 Å². The van der Waals surface area contributed by atoms with E-state index in [1.54, 1.807) is 6.20 Å². The average molecular weight is 514 g/mol. The first-order valence-electron chi connectivity index (χ1n) is 9.56. The van der Waals surface area contributed by atoms with Crippen LogP contribution in [0.2, 0.25) is 0 Å². The number of guanidine groups is 1. The molecule has 1 aliphatic rings. The lowest BCUT2D eigenvalue weighted by Crippen LogP contribution is -2.46. The monoisotopic (exact) mass is 514 g/mol. The molecular formula is C19H27IN6O3. The fourth-order valence-electron chi connectivity index (χ4n) is 3.13. The third kappa shape index (κ3) is 6.38. The molecule has 2 aromatic heterocycles. The number of ether oxygens (including phenoxy) is 1. The van der Waals surface area contributed by atoms with Gasteiger partial charge in [0.25, 0.3) is 5.89 Å². The average Bonchev–Trinajstić information content (AvgIpc) is 3.22. The van der Waals surface area contributed by atoms with Gasteiger partial charge in [0.15, 0.2) is 11.8 Å². The van der Waals surface area contributed by atoms with E-state index in [1.807, 2.05) is 25.1 Å². The van der Waals surface area contributed by atoms with E-state index in [0.717, 1.165) is 38.4 Å². The molecule has 0 aliphatic carbocycles. The maximum atomic E-state index is 11.7. The molecule has 3 heterocycles. The largest absolute Gasteiger partial charge is 0.469 e. The summed E-state index contributed by atoms with van der Waals surface area (Å²) in [4.78, 5) is 27.1. The molecule has 0 atom stereocenters. The van der Waals surface area contributed by atoms with Crippen molar-refractivity contribution in [3.63, 3.8) is 0 Å². The van der Waals surface area contributed by atoms with Crippen LogP contribution in [0.4, 0.5) is 0 Å². The van der Waals surface area contributed by atoms with Gasteiger partial charge in [-0.25, -0.2) is 0 Å². The molecule has 0 unspecified atom stereocenters. The van der Waals surface area contributed by atoms with Gasteiger partial charge in [-0.1, -0.05) is 11.2 Å². The second-order valence-corrected chi connectivity index (χ2v) is 6.50. The maximum Gasteiger partial charge on any atom is 0.308 e. The number of rotatable bonds is 6. The summed E-state index contributed by atoms with van der Waals surface area (Å²) in [6.45, 7) is 4.91. The molecule has 1 N–H and O–H groups in total. The van der Waals surface area contributed by atoms with Gasteiger partial charge in [-0.3, -0.25) is 14.8 Å². The zero-order valence-corrected chi connectivity index (χ0v) is 19.0. The summed E-state index contributed by atoms with van der Waals surface area (Å²) in [5.41, 5.74) is 0.659. The zero-order valence-electron chi connectivity index (χ0n) is 16.7. The highest BCUT2D eigenvalue weighted by Gasteiger charge is 2.26. The van der Waals surface area contributed by atoms with Gasteiger partial charge in [0.05, 0.1) is 13.0 Å². The molecule has 10 heteroatoms. The number of carbonyl (C=O) groups is 1. The number of aromatic nitrogens is 3. The van der Waals surface area contributed by atoms with Crippen LogP contribution in [0.25, 0.3) is 11.6 Å². The molecule has 0 aromatic carbocycles. The summed E-state index contributed by atoms with van der Waals surface area (Å²) in [5, 5.41) is 7.32. The molecule has 29 heavy (non-hydrogen) atoms. The van der Waals surface area contributed by atoms with Gasteiger partial charge >= 0.3 is 5.97 Å². The normalized spacial score (nSPS) is 15.0. The van der Waals surface area contributed by atoms with Gasteiger partial charge in [-0.05, 0) is 31.9 Å². The molecule has 1 saturated heterocycles. The minimum Gasteiger partial charge on any atom is -0.469 e. The lowest BCUT2D eigenvalue weighted by molar-refractivity contribution is -0.146. The number of aliphatic imine (C=N–C) groups is 1. The summed E-state index contributed by atoms with van der Waals surface area (Å²) >= 11 is 0. The smallest absolute Gasteiger partial charge is 0.308 e. The number of halogens is 1. The highest BCUT2D eigenvalue weighted by atomic mass is 127. The molecule has 0 amide bonds.